The Morgan fingerprint density at radius 3 is 2.31 bits per heavy atom. The van der Waals surface area contributed by atoms with Crippen molar-refractivity contribution in [1.82, 2.24) is 9.13 Å². The summed E-state index contributed by atoms with van der Waals surface area (Å²) in [5, 5.41) is 2.76. The summed E-state index contributed by atoms with van der Waals surface area (Å²) in [5.74, 6) is 0. The number of aromatic nitrogens is 2. The second-order valence-corrected chi connectivity index (χ2v) is 7.41. The predicted octanol–water partition coefficient (Wildman–Crippen LogP) is 8.44. The van der Waals surface area contributed by atoms with Gasteiger partial charge in [0.1, 0.15) is 0 Å². The fourth-order valence-electron chi connectivity index (χ4n) is 3.73. The summed E-state index contributed by atoms with van der Waals surface area (Å²) in [6.45, 7) is 13.4. The molecule has 1 aliphatic heterocycles. The average Bonchev–Trinajstić information content (AvgIpc) is 3.13. The molecule has 2 aromatic heterocycles. The van der Waals surface area contributed by atoms with E-state index in [1.165, 1.54) is 52.0 Å². The van der Waals surface area contributed by atoms with Crippen molar-refractivity contribution >= 4 is 35.9 Å². The molecular formula is C25H32N2PY-. The molecule has 0 saturated heterocycles. The Labute approximate surface area is 203 Å². The van der Waals surface area contributed by atoms with E-state index in [9.17, 15) is 0 Å². The Hall–Kier alpha value is -1.21. The first-order valence-corrected chi connectivity index (χ1v) is 10.9. The second-order valence-electron chi connectivity index (χ2n) is 6.28. The number of benzene rings is 2. The van der Waals surface area contributed by atoms with Gasteiger partial charge in [-0.1, -0.05) is 52.0 Å². The van der Waals surface area contributed by atoms with E-state index in [4.69, 9.17) is 0 Å². The molecule has 0 fully saturated rings. The fourth-order valence-corrected chi connectivity index (χ4v) is 5.09. The summed E-state index contributed by atoms with van der Waals surface area (Å²) in [6.07, 6.45) is 4.51. The molecule has 0 aliphatic carbocycles. The van der Waals surface area contributed by atoms with Crippen LogP contribution in [0.25, 0.3) is 38.9 Å². The molecule has 0 atom stereocenters. The molecule has 0 unspecified atom stereocenters. The number of allylic oxidation sites excluding steroid dienone is 1. The number of aryl methyl sites for hydroxylation is 2. The zero-order chi connectivity index (χ0) is 19.6. The number of hydrogen-bond acceptors (Lipinski definition) is 0. The maximum absolute atomic E-state index is 2.47. The second kappa shape index (κ2) is 11.3. The SMILES string of the molecule is CC.CC.Cc1ccc2c(C)c3n(c2c1)CC=Cn1c-3pc2ccccc21.[CH3-].[Y]. The Bertz CT molecular complexity index is 1120. The molecule has 0 spiro atoms. The van der Waals surface area contributed by atoms with Crippen LogP contribution >= 0.6 is 8.19 Å². The van der Waals surface area contributed by atoms with E-state index < -0.39 is 0 Å². The minimum Gasteiger partial charge on any atom is -0.358 e. The Morgan fingerprint density at radius 2 is 1.59 bits per heavy atom. The van der Waals surface area contributed by atoms with E-state index in [0.717, 1.165) is 6.54 Å². The van der Waals surface area contributed by atoms with Crippen molar-refractivity contribution < 1.29 is 32.7 Å². The summed E-state index contributed by atoms with van der Waals surface area (Å²) >= 11 is 0. The fraction of sp³-hybridized carbons (Fsp3) is 0.280. The Morgan fingerprint density at radius 1 is 0.897 bits per heavy atom. The van der Waals surface area contributed by atoms with Crippen molar-refractivity contribution in [2.75, 3.05) is 0 Å². The van der Waals surface area contributed by atoms with Gasteiger partial charge in [-0.25, -0.2) is 0 Å². The van der Waals surface area contributed by atoms with Crippen LogP contribution in [0.3, 0.4) is 0 Å². The molecule has 4 heteroatoms. The van der Waals surface area contributed by atoms with Crippen LogP contribution in [0.2, 0.25) is 0 Å². The van der Waals surface area contributed by atoms with Gasteiger partial charge in [-0.05, 0) is 57.4 Å². The number of fused-ring (bicyclic) bond motifs is 7. The summed E-state index contributed by atoms with van der Waals surface area (Å²) in [6, 6.07) is 15.5. The Kier molecular flexibility index (Phi) is 10.0. The molecule has 0 amide bonds. The first-order chi connectivity index (χ1) is 13.2. The van der Waals surface area contributed by atoms with E-state index in [1.54, 1.807) is 0 Å². The van der Waals surface area contributed by atoms with Crippen LogP contribution in [0.15, 0.2) is 48.5 Å². The zero-order valence-corrected chi connectivity index (χ0v) is 22.6. The quantitative estimate of drug-likeness (QED) is 0.224. The van der Waals surface area contributed by atoms with Crippen molar-refractivity contribution in [2.45, 2.75) is 48.1 Å². The van der Waals surface area contributed by atoms with Gasteiger partial charge in [0, 0.05) is 61.5 Å². The van der Waals surface area contributed by atoms with Crippen molar-refractivity contribution in [3.63, 3.8) is 0 Å². The van der Waals surface area contributed by atoms with Crippen LogP contribution in [0, 0.1) is 21.3 Å². The topological polar surface area (TPSA) is 9.86 Å². The van der Waals surface area contributed by atoms with Crippen LogP contribution in [0.1, 0.15) is 38.8 Å². The molecule has 0 saturated carbocycles. The van der Waals surface area contributed by atoms with Crippen molar-refractivity contribution in [1.29, 1.82) is 0 Å². The average molecular weight is 480 g/mol. The largest absolute Gasteiger partial charge is 0.358 e. The minimum atomic E-state index is 0. The molecule has 4 aromatic rings. The van der Waals surface area contributed by atoms with Crippen molar-refractivity contribution in [3.8, 4) is 11.1 Å². The standard InChI is InChI=1S/C20H17N2P.2C2H6.CH3.Y/c1-13-8-9-15-14(2)19-20-22(11-5-10-21(19)17(15)12-13)16-6-3-4-7-18(16)23-20;2*1-2;;/h3-9,11-12H,10H2,1-2H3;2*1-2H3;1H3;/q;;;-1;. The third-order valence-corrected chi connectivity index (χ3v) is 6.08. The van der Waals surface area contributed by atoms with Gasteiger partial charge in [-0.15, -0.1) is 0 Å². The summed E-state index contributed by atoms with van der Waals surface area (Å²) in [7, 11) is 1.30. The monoisotopic (exact) mass is 480 g/mol. The van der Waals surface area contributed by atoms with E-state index >= 15 is 0 Å². The minimum absolute atomic E-state index is 0. The number of nitrogens with zero attached hydrogens (tertiary/aromatic N) is 2. The van der Waals surface area contributed by atoms with Gasteiger partial charge in [-0.3, -0.25) is 0 Å². The van der Waals surface area contributed by atoms with Crippen LogP contribution in [0.5, 0.6) is 0 Å². The van der Waals surface area contributed by atoms with Crippen LogP contribution in [-0.2, 0) is 39.3 Å². The third-order valence-electron chi connectivity index (χ3n) is 4.82. The van der Waals surface area contributed by atoms with E-state index in [1.807, 2.05) is 27.7 Å². The van der Waals surface area contributed by atoms with Gasteiger partial charge >= 0.3 is 0 Å². The third kappa shape index (κ3) is 4.46. The van der Waals surface area contributed by atoms with Gasteiger partial charge in [0.25, 0.3) is 0 Å². The van der Waals surface area contributed by atoms with Gasteiger partial charge in [0.2, 0.25) is 0 Å². The molecule has 151 valence electrons. The Balaban J connectivity index is 0.000000663. The van der Waals surface area contributed by atoms with E-state index in [-0.39, 0.29) is 40.1 Å². The van der Waals surface area contributed by atoms with E-state index in [0.29, 0.717) is 0 Å². The first kappa shape index (κ1) is 25.8. The number of rotatable bonds is 0. The smallest absolute Gasteiger partial charge is 0.0978 e. The molecule has 0 bridgehead atoms. The maximum Gasteiger partial charge on any atom is 0.0978 e. The van der Waals surface area contributed by atoms with Crippen LogP contribution < -0.4 is 0 Å². The molecule has 0 N–H and O–H groups in total. The van der Waals surface area contributed by atoms with Gasteiger partial charge in [0.05, 0.1) is 16.6 Å². The van der Waals surface area contributed by atoms with Crippen LogP contribution in [-0.4, -0.2) is 9.13 Å². The van der Waals surface area contributed by atoms with E-state index in [2.05, 4.69) is 77.7 Å². The normalized spacial score (nSPS) is 11.2. The molecule has 3 heterocycles. The number of para-hydroxylation sites is 1. The molecular weight excluding hydrogens is 448 g/mol. The number of hydrogen-bond donors (Lipinski definition) is 0. The van der Waals surface area contributed by atoms with Crippen molar-refractivity contribution in [2.24, 2.45) is 0 Å². The molecule has 1 radical (unpaired) electrons. The first-order valence-electron chi connectivity index (χ1n) is 9.97. The molecule has 5 rings (SSSR count). The molecule has 1 aliphatic rings. The van der Waals surface area contributed by atoms with Gasteiger partial charge < -0.3 is 16.6 Å². The van der Waals surface area contributed by atoms with Crippen molar-refractivity contribution in [3.05, 3.63) is 67.1 Å². The maximum atomic E-state index is 2.47. The van der Waals surface area contributed by atoms with Gasteiger partial charge in [-0.2, -0.15) is 0 Å². The predicted molar refractivity (Wildman–Crippen MR) is 129 cm³/mol. The van der Waals surface area contributed by atoms with Crippen LogP contribution in [0.4, 0.5) is 0 Å². The van der Waals surface area contributed by atoms with Gasteiger partial charge in [0.15, 0.2) is 0 Å². The summed E-state index contributed by atoms with van der Waals surface area (Å²) in [5.41, 5.74) is 8.14. The molecule has 2 nitrogen and oxygen atoms in total. The summed E-state index contributed by atoms with van der Waals surface area (Å²) in [4.78, 5) is 0. The molecule has 29 heavy (non-hydrogen) atoms. The summed E-state index contributed by atoms with van der Waals surface area (Å²) < 4.78 is 4.84. The zero-order valence-electron chi connectivity index (χ0n) is 18.8. The molecule has 2 aromatic carbocycles.